The van der Waals surface area contributed by atoms with Gasteiger partial charge in [0, 0.05) is 5.69 Å². The Hall–Kier alpha value is -3.38. The van der Waals surface area contributed by atoms with Gasteiger partial charge in [0.05, 0.1) is 22.6 Å². The third kappa shape index (κ3) is 3.99. The number of hydrogen-bond acceptors (Lipinski definition) is 7. The highest BCUT2D eigenvalue weighted by Gasteiger charge is 2.19. The van der Waals surface area contributed by atoms with Crippen molar-refractivity contribution in [3.05, 3.63) is 54.1 Å². The molecule has 0 bridgehead atoms. The number of thioether (sulfide) groups is 1. The lowest BCUT2D eigenvalue weighted by atomic mass is 10.2. The molecule has 26 heavy (non-hydrogen) atoms. The van der Waals surface area contributed by atoms with Crippen molar-refractivity contribution >= 4 is 23.4 Å². The first-order chi connectivity index (χ1) is 12.6. The van der Waals surface area contributed by atoms with Crippen LogP contribution < -0.4 is 5.32 Å². The summed E-state index contributed by atoms with van der Waals surface area (Å²) in [5.74, 6) is -0.0637. The molecule has 1 atom stereocenters. The number of nitrogens with one attached hydrogen (secondary N) is 1. The summed E-state index contributed by atoms with van der Waals surface area (Å²) >= 11 is 1.21. The van der Waals surface area contributed by atoms with Crippen LogP contribution in [0.1, 0.15) is 12.5 Å². The van der Waals surface area contributed by atoms with Crippen LogP contribution in [0.4, 0.5) is 5.69 Å². The quantitative estimate of drug-likeness (QED) is 0.666. The first-order valence-corrected chi connectivity index (χ1v) is 8.50. The molecule has 1 heterocycles. The molecule has 0 spiro atoms. The normalized spacial score (nSPS) is 11.5. The van der Waals surface area contributed by atoms with Crippen LogP contribution in [-0.2, 0) is 4.79 Å². The van der Waals surface area contributed by atoms with E-state index in [4.69, 9.17) is 5.26 Å². The molecule has 0 aliphatic carbocycles. The molecule has 1 amide bonds. The van der Waals surface area contributed by atoms with Crippen molar-refractivity contribution in [3.8, 4) is 17.5 Å². The Morgan fingerprint density at radius 1 is 1.23 bits per heavy atom. The first-order valence-electron chi connectivity index (χ1n) is 7.62. The molecule has 0 aliphatic rings. The fraction of sp³-hybridized carbons (Fsp3) is 0.118. The molecule has 3 rings (SSSR count). The average Bonchev–Trinajstić information content (AvgIpc) is 3.11. The van der Waals surface area contributed by atoms with E-state index in [1.807, 2.05) is 6.07 Å². The summed E-state index contributed by atoms with van der Waals surface area (Å²) in [5.41, 5.74) is 1.81. The molecule has 9 heteroatoms. The second-order valence-electron chi connectivity index (χ2n) is 5.33. The van der Waals surface area contributed by atoms with Gasteiger partial charge < -0.3 is 10.4 Å². The Morgan fingerprint density at radius 2 is 1.92 bits per heavy atom. The van der Waals surface area contributed by atoms with Gasteiger partial charge in [0.15, 0.2) is 0 Å². The Morgan fingerprint density at radius 3 is 2.58 bits per heavy atom. The van der Waals surface area contributed by atoms with Gasteiger partial charge in [-0.25, -0.2) is 0 Å². The number of amides is 1. The van der Waals surface area contributed by atoms with Crippen molar-refractivity contribution in [2.45, 2.75) is 17.3 Å². The van der Waals surface area contributed by atoms with Crippen molar-refractivity contribution in [3.63, 3.8) is 0 Å². The summed E-state index contributed by atoms with van der Waals surface area (Å²) < 4.78 is 1.50. The maximum absolute atomic E-state index is 12.4. The zero-order valence-corrected chi connectivity index (χ0v) is 14.5. The van der Waals surface area contributed by atoms with Gasteiger partial charge in [0.1, 0.15) is 5.75 Å². The number of carbonyl (C=O) groups is 1. The smallest absolute Gasteiger partial charge is 0.237 e. The molecule has 0 saturated carbocycles. The molecule has 130 valence electrons. The molecule has 0 fully saturated rings. The summed E-state index contributed by atoms with van der Waals surface area (Å²) in [6.07, 6.45) is 0. The van der Waals surface area contributed by atoms with Gasteiger partial charge in [0.25, 0.3) is 0 Å². The first kappa shape index (κ1) is 17.4. The van der Waals surface area contributed by atoms with E-state index in [1.165, 1.54) is 28.6 Å². The Kier molecular flexibility index (Phi) is 5.15. The standard InChI is InChI=1S/C17H14N6O2S/c1-11(16(25)19-13-4-2-12(10-18)3-5-13)26-17-20-21-22-23(17)14-6-8-15(24)9-7-14/h2-9,11,24H,1H3,(H,19,25)/t11-/m0/s1. The Bertz CT molecular complexity index is 947. The van der Waals surface area contributed by atoms with Crippen molar-refractivity contribution in [1.82, 2.24) is 20.2 Å². The van der Waals surface area contributed by atoms with Crippen LogP contribution >= 0.6 is 11.8 Å². The maximum atomic E-state index is 12.4. The number of carbonyl (C=O) groups excluding carboxylic acids is 1. The number of aromatic nitrogens is 4. The number of aromatic hydroxyl groups is 1. The predicted molar refractivity (Wildman–Crippen MR) is 95.9 cm³/mol. The van der Waals surface area contributed by atoms with Gasteiger partial charge >= 0.3 is 0 Å². The van der Waals surface area contributed by atoms with Crippen LogP contribution in [0, 0.1) is 11.3 Å². The van der Waals surface area contributed by atoms with E-state index >= 15 is 0 Å². The van der Waals surface area contributed by atoms with Gasteiger partial charge in [-0.15, -0.1) is 5.10 Å². The highest BCUT2D eigenvalue weighted by molar-refractivity contribution is 8.00. The Balaban J connectivity index is 1.69. The van der Waals surface area contributed by atoms with Gasteiger partial charge in [-0.1, -0.05) is 11.8 Å². The van der Waals surface area contributed by atoms with Crippen LogP contribution in [0.15, 0.2) is 53.7 Å². The Labute approximate surface area is 153 Å². The van der Waals surface area contributed by atoms with E-state index < -0.39 is 5.25 Å². The topological polar surface area (TPSA) is 117 Å². The fourth-order valence-corrected chi connectivity index (χ4v) is 2.90. The van der Waals surface area contributed by atoms with E-state index in [2.05, 4.69) is 20.8 Å². The summed E-state index contributed by atoms with van der Waals surface area (Å²) in [6.45, 7) is 1.75. The number of phenolic OH excluding ortho intramolecular Hbond substituents is 1. The van der Waals surface area contributed by atoms with Crippen molar-refractivity contribution < 1.29 is 9.90 Å². The monoisotopic (exact) mass is 366 g/mol. The highest BCUT2D eigenvalue weighted by Crippen LogP contribution is 2.24. The van der Waals surface area contributed by atoms with Crippen molar-refractivity contribution in [2.24, 2.45) is 0 Å². The fourth-order valence-electron chi connectivity index (χ4n) is 2.09. The molecule has 1 aromatic heterocycles. The number of phenols is 1. The molecule has 2 aromatic carbocycles. The third-order valence-electron chi connectivity index (χ3n) is 3.47. The zero-order chi connectivity index (χ0) is 18.5. The summed E-state index contributed by atoms with van der Waals surface area (Å²) in [5, 5.41) is 32.5. The molecule has 0 aliphatic heterocycles. The number of rotatable bonds is 5. The van der Waals surface area contributed by atoms with Crippen LogP contribution in [-0.4, -0.2) is 36.5 Å². The van der Waals surface area contributed by atoms with Gasteiger partial charge in [-0.2, -0.15) is 9.94 Å². The number of anilines is 1. The summed E-state index contributed by atoms with van der Waals surface area (Å²) in [6, 6.07) is 15.1. The molecular weight excluding hydrogens is 352 g/mol. The molecule has 3 aromatic rings. The third-order valence-corrected chi connectivity index (χ3v) is 4.50. The maximum Gasteiger partial charge on any atom is 0.237 e. The predicted octanol–water partition coefficient (Wildman–Crippen LogP) is 2.36. The summed E-state index contributed by atoms with van der Waals surface area (Å²) in [7, 11) is 0. The van der Waals surface area contributed by atoms with Crippen LogP contribution in [0.3, 0.4) is 0 Å². The number of nitrogens with zero attached hydrogens (tertiary/aromatic N) is 5. The number of tetrazole rings is 1. The molecule has 8 nitrogen and oxygen atoms in total. The number of benzene rings is 2. The SMILES string of the molecule is C[C@H](Sc1nnnn1-c1ccc(O)cc1)C(=O)Nc1ccc(C#N)cc1. The van der Waals surface area contributed by atoms with E-state index in [-0.39, 0.29) is 11.7 Å². The van der Waals surface area contributed by atoms with E-state index in [0.29, 0.717) is 22.1 Å². The lowest BCUT2D eigenvalue weighted by Crippen LogP contribution is -2.22. The molecule has 0 unspecified atom stereocenters. The van der Waals surface area contributed by atoms with Crippen LogP contribution in [0.2, 0.25) is 0 Å². The van der Waals surface area contributed by atoms with Crippen LogP contribution in [0.25, 0.3) is 5.69 Å². The molecular formula is C17H14N6O2S. The van der Waals surface area contributed by atoms with Crippen molar-refractivity contribution in [1.29, 1.82) is 5.26 Å². The van der Waals surface area contributed by atoms with E-state index in [1.54, 1.807) is 43.3 Å². The minimum absolute atomic E-state index is 0.145. The van der Waals surface area contributed by atoms with E-state index in [0.717, 1.165) is 0 Å². The molecule has 0 radical (unpaired) electrons. The summed E-state index contributed by atoms with van der Waals surface area (Å²) in [4.78, 5) is 12.4. The molecule has 2 N–H and O–H groups in total. The lowest BCUT2D eigenvalue weighted by molar-refractivity contribution is -0.115. The van der Waals surface area contributed by atoms with Gasteiger partial charge in [0.2, 0.25) is 11.1 Å². The van der Waals surface area contributed by atoms with E-state index in [9.17, 15) is 9.90 Å². The second-order valence-corrected chi connectivity index (χ2v) is 6.64. The largest absolute Gasteiger partial charge is 0.508 e. The molecule has 0 saturated heterocycles. The van der Waals surface area contributed by atoms with Crippen molar-refractivity contribution in [2.75, 3.05) is 5.32 Å². The second kappa shape index (κ2) is 7.67. The van der Waals surface area contributed by atoms with Gasteiger partial charge in [-0.05, 0) is 65.9 Å². The number of nitriles is 1. The van der Waals surface area contributed by atoms with Crippen LogP contribution in [0.5, 0.6) is 5.75 Å². The highest BCUT2D eigenvalue weighted by atomic mass is 32.2. The lowest BCUT2D eigenvalue weighted by Gasteiger charge is -2.11. The minimum atomic E-state index is -0.451. The average molecular weight is 366 g/mol. The number of hydrogen-bond donors (Lipinski definition) is 2. The van der Waals surface area contributed by atoms with Gasteiger partial charge in [-0.3, -0.25) is 4.79 Å². The minimum Gasteiger partial charge on any atom is -0.508 e. The zero-order valence-electron chi connectivity index (χ0n) is 13.7.